The number of nitrogens with zero attached hydrogens (tertiary/aromatic N) is 2. The van der Waals surface area contributed by atoms with Crippen LogP contribution in [0.5, 0.6) is 5.88 Å². The van der Waals surface area contributed by atoms with Crippen LogP contribution in [0.15, 0.2) is 65.7 Å². The van der Waals surface area contributed by atoms with Crippen molar-refractivity contribution in [2.24, 2.45) is 4.99 Å². The van der Waals surface area contributed by atoms with Gasteiger partial charge in [-0.05, 0) is 24.3 Å². The second kappa shape index (κ2) is 9.17. The maximum absolute atomic E-state index is 11.9. The number of ether oxygens (including phenoxy) is 1. The molecule has 0 unspecified atom stereocenters. The number of esters is 1. The van der Waals surface area contributed by atoms with E-state index < -0.39 is 5.97 Å². The van der Waals surface area contributed by atoms with E-state index in [2.05, 4.69) is 4.98 Å². The van der Waals surface area contributed by atoms with E-state index in [1.165, 1.54) is 7.11 Å². The Hall–Kier alpha value is -3.48. The number of nitrogens with one attached hydrogen (secondary N) is 1. The van der Waals surface area contributed by atoms with Crippen LogP contribution in [0.3, 0.4) is 0 Å². The molecule has 0 aliphatic heterocycles. The summed E-state index contributed by atoms with van der Waals surface area (Å²) in [5.41, 5.74) is 3.99. The number of fused-ring (bicyclic) bond motifs is 1. The van der Waals surface area contributed by atoms with Gasteiger partial charge in [-0.25, -0.2) is 9.79 Å². The molecule has 168 valence electrons. The molecule has 4 aromatic rings. The van der Waals surface area contributed by atoms with Crippen LogP contribution in [0.4, 0.5) is 11.4 Å². The van der Waals surface area contributed by atoms with Gasteiger partial charge in [0, 0.05) is 30.6 Å². The van der Waals surface area contributed by atoms with E-state index in [1.807, 2.05) is 49.3 Å². The Morgan fingerprint density at radius 2 is 1.67 bits per heavy atom. The number of aromatic nitrogens is 1. The molecule has 6 nitrogen and oxygen atoms in total. The molecule has 8 heteroatoms. The zero-order valence-electron chi connectivity index (χ0n) is 18.2. The molecule has 3 aromatic carbocycles. The fourth-order valence-electron chi connectivity index (χ4n) is 3.70. The van der Waals surface area contributed by atoms with E-state index in [0.29, 0.717) is 49.2 Å². The zero-order chi connectivity index (χ0) is 23.7. The fraction of sp³-hybridized carbons (Fsp3) is 0.120. The number of benzene rings is 3. The minimum Gasteiger partial charge on any atom is -0.494 e. The van der Waals surface area contributed by atoms with E-state index in [0.717, 1.165) is 5.56 Å². The lowest BCUT2D eigenvalue weighted by Crippen LogP contribution is -2.09. The number of anilines is 1. The summed E-state index contributed by atoms with van der Waals surface area (Å²) in [4.78, 5) is 21.5. The van der Waals surface area contributed by atoms with Gasteiger partial charge >= 0.3 is 5.97 Å². The molecule has 33 heavy (non-hydrogen) atoms. The number of carbonyl (C=O) groups excluding carboxylic acids is 1. The number of methoxy groups -OCH3 is 1. The van der Waals surface area contributed by atoms with Gasteiger partial charge in [-0.15, -0.1) is 0 Å². The van der Waals surface area contributed by atoms with Crippen molar-refractivity contribution in [1.29, 1.82) is 0 Å². The van der Waals surface area contributed by atoms with Crippen molar-refractivity contribution < 1.29 is 14.6 Å². The molecule has 0 aliphatic rings. The SMILES string of the molecule is COC(=O)c1ccc2c(C(=Nc3cc(Cl)c(N(C)C)c(Cl)c3)c3ccccc3)c(O)[nH]c2c1. The van der Waals surface area contributed by atoms with Gasteiger partial charge in [0.25, 0.3) is 0 Å². The van der Waals surface area contributed by atoms with Gasteiger partial charge in [-0.3, -0.25) is 0 Å². The Labute approximate surface area is 201 Å². The molecule has 0 bridgehead atoms. The van der Waals surface area contributed by atoms with Crippen LogP contribution in [-0.4, -0.2) is 43.0 Å². The Morgan fingerprint density at radius 1 is 1.00 bits per heavy atom. The maximum Gasteiger partial charge on any atom is 0.337 e. The maximum atomic E-state index is 11.9. The van der Waals surface area contributed by atoms with E-state index in [9.17, 15) is 9.90 Å². The molecule has 0 spiro atoms. The predicted octanol–water partition coefficient (Wildman–Crippen LogP) is 6.20. The Morgan fingerprint density at radius 3 is 2.27 bits per heavy atom. The quantitative estimate of drug-likeness (QED) is 0.262. The summed E-state index contributed by atoms with van der Waals surface area (Å²) < 4.78 is 4.80. The number of H-pyrrole nitrogens is 1. The van der Waals surface area contributed by atoms with Crippen LogP contribution in [0.1, 0.15) is 21.5 Å². The van der Waals surface area contributed by atoms with Crippen molar-refractivity contribution in [3.63, 3.8) is 0 Å². The summed E-state index contributed by atoms with van der Waals surface area (Å²) in [7, 11) is 5.04. The van der Waals surface area contributed by atoms with Crippen LogP contribution in [0, 0.1) is 0 Å². The Kier molecular flexibility index (Phi) is 6.31. The van der Waals surface area contributed by atoms with Crippen molar-refractivity contribution in [3.8, 4) is 5.88 Å². The van der Waals surface area contributed by atoms with Gasteiger partial charge in [-0.2, -0.15) is 0 Å². The lowest BCUT2D eigenvalue weighted by atomic mass is 10.00. The van der Waals surface area contributed by atoms with Crippen LogP contribution in [0.2, 0.25) is 10.0 Å². The highest BCUT2D eigenvalue weighted by Gasteiger charge is 2.20. The first kappa shape index (κ1) is 22.7. The first-order valence-electron chi connectivity index (χ1n) is 10.0. The summed E-state index contributed by atoms with van der Waals surface area (Å²) >= 11 is 13.0. The van der Waals surface area contributed by atoms with Gasteiger partial charge in [0.15, 0.2) is 5.88 Å². The molecule has 0 fully saturated rings. The largest absolute Gasteiger partial charge is 0.494 e. The van der Waals surface area contributed by atoms with Gasteiger partial charge in [0.2, 0.25) is 0 Å². The topological polar surface area (TPSA) is 77.9 Å². The summed E-state index contributed by atoms with van der Waals surface area (Å²) in [6.45, 7) is 0. The highest BCUT2D eigenvalue weighted by atomic mass is 35.5. The molecule has 0 saturated heterocycles. The monoisotopic (exact) mass is 481 g/mol. The summed E-state index contributed by atoms with van der Waals surface area (Å²) in [6.07, 6.45) is 0. The van der Waals surface area contributed by atoms with Crippen molar-refractivity contribution in [2.75, 3.05) is 26.1 Å². The molecule has 0 aliphatic carbocycles. The zero-order valence-corrected chi connectivity index (χ0v) is 19.7. The van der Waals surface area contributed by atoms with Crippen LogP contribution in [-0.2, 0) is 4.74 Å². The van der Waals surface area contributed by atoms with Crippen molar-refractivity contribution >= 4 is 57.2 Å². The first-order chi connectivity index (χ1) is 15.8. The highest BCUT2D eigenvalue weighted by molar-refractivity contribution is 6.39. The molecule has 1 heterocycles. The Balaban J connectivity index is 1.94. The second-order valence-corrected chi connectivity index (χ2v) is 8.39. The minimum absolute atomic E-state index is 0.0725. The third-order valence-electron chi connectivity index (χ3n) is 5.17. The number of aromatic hydroxyl groups is 1. The van der Waals surface area contributed by atoms with Gasteiger partial charge in [0.1, 0.15) is 0 Å². The first-order valence-corrected chi connectivity index (χ1v) is 10.8. The number of hydrogen-bond donors (Lipinski definition) is 2. The number of carbonyl (C=O) groups is 1. The van der Waals surface area contributed by atoms with Gasteiger partial charge < -0.3 is 19.7 Å². The molecule has 0 saturated carbocycles. The van der Waals surface area contributed by atoms with Crippen molar-refractivity contribution in [3.05, 3.63) is 87.4 Å². The third-order valence-corrected chi connectivity index (χ3v) is 5.75. The van der Waals surface area contributed by atoms with E-state index >= 15 is 0 Å². The van der Waals surface area contributed by atoms with E-state index in [-0.39, 0.29) is 5.88 Å². The average molecular weight is 482 g/mol. The number of rotatable bonds is 5. The Bertz CT molecular complexity index is 1360. The van der Waals surface area contributed by atoms with Crippen LogP contribution >= 0.6 is 23.2 Å². The fourth-order valence-corrected chi connectivity index (χ4v) is 4.52. The number of hydrogen-bond acceptors (Lipinski definition) is 5. The molecular weight excluding hydrogens is 461 g/mol. The van der Waals surface area contributed by atoms with Gasteiger partial charge in [0.05, 0.1) is 45.4 Å². The van der Waals surface area contributed by atoms with Crippen LogP contribution in [0.25, 0.3) is 10.9 Å². The number of aromatic amines is 1. The van der Waals surface area contributed by atoms with E-state index in [1.54, 1.807) is 30.3 Å². The standard InChI is InChI=1S/C25H21Cl2N3O3/c1-30(2)23-18(26)12-16(13-19(23)27)28-22(14-7-5-4-6-8-14)21-17-10-9-15(25(32)33-3)11-20(17)29-24(21)31/h4-13,29,31H,1-3H3. The highest BCUT2D eigenvalue weighted by Crippen LogP contribution is 2.38. The second-order valence-electron chi connectivity index (χ2n) is 7.58. The number of aliphatic imine (C=N–C) groups is 1. The molecular formula is C25H21Cl2N3O3. The third kappa shape index (κ3) is 4.40. The smallest absolute Gasteiger partial charge is 0.337 e. The van der Waals surface area contributed by atoms with Gasteiger partial charge in [-0.1, -0.05) is 59.6 Å². The van der Waals surface area contributed by atoms with Crippen molar-refractivity contribution in [2.45, 2.75) is 0 Å². The molecule has 0 amide bonds. The lowest BCUT2D eigenvalue weighted by molar-refractivity contribution is 0.0601. The molecule has 1 aromatic heterocycles. The normalized spacial score (nSPS) is 11.6. The summed E-state index contributed by atoms with van der Waals surface area (Å²) in [5, 5.41) is 12.5. The summed E-state index contributed by atoms with van der Waals surface area (Å²) in [6, 6.07) is 18.0. The minimum atomic E-state index is -0.463. The predicted molar refractivity (Wildman–Crippen MR) is 134 cm³/mol. The summed E-state index contributed by atoms with van der Waals surface area (Å²) in [5.74, 6) is -0.536. The van der Waals surface area contributed by atoms with Crippen LogP contribution < -0.4 is 4.90 Å². The van der Waals surface area contributed by atoms with E-state index in [4.69, 9.17) is 32.9 Å². The average Bonchev–Trinajstić information content (AvgIpc) is 3.11. The molecule has 0 radical (unpaired) electrons. The lowest BCUT2D eigenvalue weighted by Gasteiger charge is -2.17. The van der Waals surface area contributed by atoms with Crippen molar-refractivity contribution in [1.82, 2.24) is 4.98 Å². The molecule has 2 N–H and O–H groups in total. The molecule has 4 rings (SSSR count). The molecule has 0 atom stereocenters. The number of halogens is 2.